The minimum atomic E-state index is -1.03. The van der Waals surface area contributed by atoms with Crippen LogP contribution in [0.4, 0.5) is 4.39 Å². The van der Waals surface area contributed by atoms with Gasteiger partial charge in [-0.25, -0.2) is 9.18 Å². The summed E-state index contributed by atoms with van der Waals surface area (Å²) in [6.07, 6.45) is 3.40. The molecule has 4 nitrogen and oxygen atoms in total. The number of aryl methyl sites for hydroxylation is 1. The van der Waals surface area contributed by atoms with Gasteiger partial charge in [-0.05, 0) is 24.6 Å². The number of rotatable bonds is 3. The molecule has 0 aliphatic rings. The highest BCUT2D eigenvalue weighted by Crippen LogP contribution is 2.23. The third-order valence-electron chi connectivity index (χ3n) is 2.77. The van der Waals surface area contributed by atoms with Crippen molar-refractivity contribution >= 4 is 22.9 Å². The second-order valence-corrected chi connectivity index (χ2v) is 4.02. The highest BCUT2D eigenvalue weighted by atomic mass is 19.1. The molecule has 2 aromatic rings. The summed E-state index contributed by atoms with van der Waals surface area (Å²) in [5.74, 6) is -1.47. The molecule has 0 bridgehead atoms. The fourth-order valence-corrected chi connectivity index (χ4v) is 1.84. The Morgan fingerprint density at radius 3 is 2.89 bits per heavy atom. The Morgan fingerprint density at radius 1 is 1.56 bits per heavy atom. The van der Waals surface area contributed by atoms with Gasteiger partial charge in [-0.15, -0.1) is 0 Å². The molecule has 0 radical (unpaired) electrons. The smallest absolute Gasteiger partial charge is 0.331 e. The van der Waals surface area contributed by atoms with E-state index in [9.17, 15) is 9.18 Å². The highest BCUT2D eigenvalue weighted by Gasteiger charge is 2.11. The fraction of sp³-hybridized carbons (Fsp3) is 0.231. The molecule has 1 N–H and O–H groups in total. The van der Waals surface area contributed by atoms with Crippen LogP contribution in [0, 0.1) is 5.82 Å². The second kappa shape index (κ2) is 4.60. The minimum Gasteiger partial charge on any atom is -0.478 e. The number of benzene rings is 1. The zero-order valence-electron chi connectivity index (χ0n) is 10.1. The molecule has 0 saturated heterocycles. The van der Waals surface area contributed by atoms with Gasteiger partial charge in [0, 0.05) is 29.8 Å². The lowest BCUT2D eigenvalue weighted by molar-refractivity contribution is -0.132. The largest absolute Gasteiger partial charge is 0.478 e. The number of carboxylic acid groups (broad SMARTS) is 1. The van der Waals surface area contributed by atoms with Crippen LogP contribution < -0.4 is 0 Å². The van der Waals surface area contributed by atoms with E-state index in [0.29, 0.717) is 17.3 Å². The highest BCUT2D eigenvalue weighted by molar-refractivity contribution is 5.96. The predicted molar refractivity (Wildman–Crippen MR) is 66.6 cm³/mol. The zero-order chi connectivity index (χ0) is 13.3. The van der Waals surface area contributed by atoms with Gasteiger partial charge in [0.1, 0.15) is 5.82 Å². The van der Waals surface area contributed by atoms with Crippen LogP contribution in [0.15, 0.2) is 23.9 Å². The van der Waals surface area contributed by atoms with Gasteiger partial charge in [-0.1, -0.05) is 6.92 Å². The molecule has 5 heteroatoms. The number of fused-ring (bicyclic) bond motifs is 1. The minimum absolute atomic E-state index is 0.172. The average Bonchev–Trinajstić information content (AvgIpc) is 2.68. The molecule has 0 unspecified atom stereocenters. The molecule has 94 valence electrons. The van der Waals surface area contributed by atoms with Crippen molar-refractivity contribution in [2.24, 2.45) is 7.05 Å². The van der Waals surface area contributed by atoms with Crippen LogP contribution in [0.5, 0.6) is 0 Å². The third kappa shape index (κ3) is 2.11. The number of aromatic nitrogens is 2. The summed E-state index contributed by atoms with van der Waals surface area (Å²) in [4.78, 5) is 11.0. The standard InChI is InChI=1S/C13H13FN2O2/c1-3-8(13(17)18)6-9-10-7-16(2)15-12(10)5-4-11(9)14/h4-7H,3H2,1-2H3,(H,17,18)/b8-6+. The van der Waals surface area contributed by atoms with Gasteiger partial charge in [0.15, 0.2) is 0 Å². The first-order valence-corrected chi connectivity index (χ1v) is 5.58. The van der Waals surface area contributed by atoms with E-state index in [0.717, 1.165) is 0 Å². The first kappa shape index (κ1) is 12.3. The average molecular weight is 248 g/mol. The molecule has 1 aromatic carbocycles. The number of hydrogen-bond donors (Lipinski definition) is 1. The van der Waals surface area contributed by atoms with Crippen molar-refractivity contribution < 1.29 is 14.3 Å². The summed E-state index contributed by atoms with van der Waals surface area (Å²) in [5, 5.41) is 13.8. The van der Waals surface area contributed by atoms with Gasteiger partial charge in [0.2, 0.25) is 0 Å². The van der Waals surface area contributed by atoms with Gasteiger partial charge in [0.25, 0.3) is 0 Å². The fourth-order valence-electron chi connectivity index (χ4n) is 1.84. The lowest BCUT2D eigenvalue weighted by atomic mass is 10.0. The third-order valence-corrected chi connectivity index (χ3v) is 2.77. The van der Waals surface area contributed by atoms with Gasteiger partial charge >= 0.3 is 5.97 Å². The van der Waals surface area contributed by atoms with Crippen LogP contribution in [-0.2, 0) is 11.8 Å². The summed E-state index contributed by atoms with van der Waals surface area (Å²) in [6.45, 7) is 1.72. The zero-order valence-corrected chi connectivity index (χ0v) is 10.1. The number of carbonyl (C=O) groups is 1. The molecule has 0 saturated carbocycles. The Bertz CT molecular complexity index is 644. The summed E-state index contributed by atoms with van der Waals surface area (Å²) >= 11 is 0. The van der Waals surface area contributed by atoms with Crippen LogP contribution in [0.3, 0.4) is 0 Å². The summed E-state index contributed by atoms with van der Waals surface area (Å²) in [5.41, 5.74) is 1.09. The van der Waals surface area contributed by atoms with E-state index < -0.39 is 11.8 Å². The molecule has 0 aliphatic carbocycles. The molecular weight excluding hydrogens is 235 g/mol. The van der Waals surface area contributed by atoms with Crippen molar-refractivity contribution in [2.45, 2.75) is 13.3 Å². The Labute approximate surface area is 103 Å². The predicted octanol–water partition coefficient (Wildman–Crippen LogP) is 2.59. The summed E-state index contributed by atoms with van der Waals surface area (Å²) in [7, 11) is 1.74. The maximum absolute atomic E-state index is 13.8. The molecule has 2 rings (SSSR count). The van der Waals surface area contributed by atoms with Crippen molar-refractivity contribution in [3.05, 3.63) is 35.3 Å². The number of nitrogens with zero attached hydrogens (tertiary/aromatic N) is 2. The summed E-state index contributed by atoms with van der Waals surface area (Å²) < 4.78 is 15.4. The molecule has 0 aliphatic heterocycles. The van der Waals surface area contributed by atoms with E-state index in [4.69, 9.17) is 5.11 Å². The second-order valence-electron chi connectivity index (χ2n) is 4.02. The van der Waals surface area contributed by atoms with Gasteiger partial charge in [-0.2, -0.15) is 5.10 Å². The quantitative estimate of drug-likeness (QED) is 0.849. The summed E-state index contributed by atoms with van der Waals surface area (Å²) in [6, 6.07) is 2.88. The first-order chi connectivity index (χ1) is 8.52. The number of carboxylic acids is 1. The van der Waals surface area contributed by atoms with E-state index in [-0.39, 0.29) is 11.1 Å². The first-order valence-electron chi connectivity index (χ1n) is 5.58. The Morgan fingerprint density at radius 2 is 2.28 bits per heavy atom. The molecule has 0 atom stereocenters. The maximum atomic E-state index is 13.8. The lowest BCUT2D eigenvalue weighted by Gasteiger charge is -2.01. The molecule has 0 amide bonds. The molecular formula is C13H13FN2O2. The number of halogens is 1. The van der Waals surface area contributed by atoms with E-state index >= 15 is 0 Å². The van der Waals surface area contributed by atoms with Crippen LogP contribution in [0.1, 0.15) is 18.9 Å². The van der Waals surface area contributed by atoms with Crippen LogP contribution in [0.2, 0.25) is 0 Å². The molecule has 1 aromatic heterocycles. The van der Waals surface area contributed by atoms with E-state index in [1.807, 2.05) is 0 Å². The lowest BCUT2D eigenvalue weighted by Crippen LogP contribution is -1.99. The van der Waals surface area contributed by atoms with Crippen LogP contribution in [-0.4, -0.2) is 20.9 Å². The number of hydrogen-bond acceptors (Lipinski definition) is 2. The van der Waals surface area contributed by atoms with Crippen LogP contribution in [0.25, 0.3) is 17.0 Å². The van der Waals surface area contributed by atoms with Crippen molar-refractivity contribution in [2.75, 3.05) is 0 Å². The molecule has 0 fully saturated rings. The van der Waals surface area contributed by atoms with E-state index in [2.05, 4.69) is 5.10 Å². The Balaban J connectivity index is 2.69. The monoisotopic (exact) mass is 248 g/mol. The van der Waals surface area contributed by atoms with Gasteiger partial charge in [-0.3, -0.25) is 4.68 Å². The number of aliphatic carboxylic acids is 1. The van der Waals surface area contributed by atoms with Crippen molar-refractivity contribution in [3.63, 3.8) is 0 Å². The Kier molecular flexibility index (Phi) is 3.14. The molecule has 1 heterocycles. The molecule has 18 heavy (non-hydrogen) atoms. The van der Waals surface area contributed by atoms with Crippen molar-refractivity contribution in [1.29, 1.82) is 0 Å². The van der Waals surface area contributed by atoms with Gasteiger partial charge < -0.3 is 5.11 Å². The maximum Gasteiger partial charge on any atom is 0.331 e. The van der Waals surface area contributed by atoms with Crippen molar-refractivity contribution in [3.8, 4) is 0 Å². The normalized spacial score (nSPS) is 12.1. The topological polar surface area (TPSA) is 55.1 Å². The van der Waals surface area contributed by atoms with E-state index in [1.54, 1.807) is 30.9 Å². The van der Waals surface area contributed by atoms with Crippen LogP contribution >= 0.6 is 0 Å². The van der Waals surface area contributed by atoms with E-state index in [1.165, 1.54) is 12.1 Å². The Hall–Kier alpha value is -2.17. The SMILES string of the molecule is CC/C(=C\c1c(F)ccc2nn(C)cc12)C(=O)O. The van der Waals surface area contributed by atoms with Crippen molar-refractivity contribution in [1.82, 2.24) is 9.78 Å². The molecule has 0 spiro atoms. The van der Waals surface area contributed by atoms with Gasteiger partial charge in [0.05, 0.1) is 5.52 Å².